The summed E-state index contributed by atoms with van der Waals surface area (Å²) in [6, 6.07) is 0. The topological polar surface area (TPSA) is 37.3 Å². The van der Waals surface area contributed by atoms with Gasteiger partial charge in [-0.1, -0.05) is 76.9 Å². The van der Waals surface area contributed by atoms with Gasteiger partial charge in [0.2, 0.25) is 0 Å². The molecule has 0 heterocycles. The van der Waals surface area contributed by atoms with Crippen molar-refractivity contribution in [3.63, 3.8) is 0 Å². The van der Waals surface area contributed by atoms with Gasteiger partial charge in [-0.3, -0.25) is 4.79 Å². The highest BCUT2D eigenvalue weighted by atomic mass is 32.2. The Labute approximate surface area is 134 Å². The number of unbranched alkanes of at least 4 members (excludes halogenated alkanes) is 8. The summed E-state index contributed by atoms with van der Waals surface area (Å²) in [5.74, 6) is -0.746. The van der Waals surface area contributed by atoms with Crippen molar-refractivity contribution in [3.8, 4) is 0 Å². The molecule has 2 atom stereocenters. The quantitative estimate of drug-likeness (QED) is 0.340. The van der Waals surface area contributed by atoms with Gasteiger partial charge in [-0.15, -0.1) is 11.8 Å². The molecule has 0 aromatic carbocycles. The maximum Gasteiger partial charge on any atom is 0.316 e. The number of thiocarbonyl (C=S) groups is 1. The van der Waals surface area contributed by atoms with Crippen molar-refractivity contribution >= 4 is 35.3 Å². The van der Waals surface area contributed by atoms with E-state index in [4.69, 9.17) is 17.3 Å². The van der Waals surface area contributed by atoms with Crippen LogP contribution >= 0.6 is 24.0 Å². The minimum absolute atomic E-state index is 0.209. The monoisotopic (exact) mass is 318 g/mol. The Morgan fingerprint density at radius 2 is 1.60 bits per heavy atom. The molecule has 0 aliphatic carbocycles. The first-order valence-corrected chi connectivity index (χ1v) is 9.36. The van der Waals surface area contributed by atoms with Gasteiger partial charge in [0.1, 0.15) is 5.25 Å². The Morgan fingerprint density at radius 1 is 1.10 bits per heavy atom. The third-order valence-corrected chi connectivity index (χ3v) is 5.30. The van der Waals surface area contributed by atoms with Crippen LogP contribution in [0.4, 0.5) is 0 Å². The minimum Gasteiger partial charge on any atom is -0.480 e. The zero-order valence-corrected chi connectivity index (χ0v) is 14.6. The van der Waals surface area contributed by atoms with Crippen molar-refractivity contribution in [1.82, 2.24) is 0 Å². The van der Waals surface area contributed by atoms with E-state index < -0.39 is 5.97 Å². The SMILES string of the molecule is CCCCCCCCCCCC(C=S)SC(C)C(=O)O. The Balaban J connectivity index is 3.47. The summed E-state index contributed by atoms with van der Waals surface area (Å²) in [6.07, 6.45) is 12.9. The number of thioether (sulfide) groups is 1. The number of hydrogen-bond donors (Lipinski definition) is 1. The molecule has 0 aliphatic heterocycles. The Bertz CT molecular complexity index is 257. The Hall–Kier alpha value is -0.0900. The third-order valence-electron chi connectivity index (χ3n) is 3.47. The van der Waals surface area contributed by atoms with Crippen molar-refractivity contribution < 1.29 is 9.90 Å². The van der Waals surface area contributed by atoms with Crippen LogP contribution in [0.2, 0.25) is 0 Å². The molecular formula is C16H30O2S2. The van der Waals surface area contributed by atoms with Gasteiger partial charge in [0.25, 0.3) is 0 Å². The van der Waals surface area contributed by atoms with E-state index in [1.165, 1.54) is 63.1 Å². The summed E-state index contributed by atoms with van der Waals surface area (Å²) in [5.41, 5.74) is 0. The van der Waals surface area contributed by atoms with Crippen LogP contribution in [0.25, 0.3) is 0 Å². The largest absolute Gasteiger partial charge is 0.480 e. The normalized spacial score (nSPS) is 13.9. The fourth-order valence-corrected chi connectivity index (χ4v) is 3.48. The standard InChI is InChI=1S/C16H30O2S2/c1-3-4-5-6-7-8-9-10-11-12-15(13-19)20-14(2)16(17)18/h13-15H,3-12H2,1-2H3,(H,17,18). The highest BCUT2D eigenvalue weighted by Gasteiger charge is 2.16. The molecule has 0 amide bonds. The van der Waals surface area contributed by atoms with Gasteiger partial charge >= 0.3 is 5.97 Å². The van der Waals surface area contributed by atoms with E-state index in [1.807, 2.05) is 0 Å². The van der Waals surface area contributed by atoms with E-state index in [0.29, 0.717) is 0 Å². The van der Waals surface area contributed by atoms with Gasteiger partial charge in [-0.05, 0) is 18.7 Å². The molecule has 1 N–H and O–H groups in total. The van der Waals surface area contributed by atoms with Gasteiger partial charge < -0.3 is 5.11 Å². The molecule has 118 valence electrons. The first-order valence-electron chi connectivity index (χ1n) is 7.95. The lowest BCUT2D eigenvalue weighted by Crippen LogP contribution is -2.17. The summed E-state index contributed by atoms with van der Waals surface area (Å²) in [5, 5.41) is 10.5. The molecule has 0 rings (SSSR count). The second-order valence-electron chi connectivity index (χ2n) is 5.41. The van der Waals surface area contributed by atoms with E-state index in [9.17, 15) is 4.79 Å². The van der Waals surface area contributed by atoms with Crippen molar-refractivity contribution in [2.75, 3.05) is 0 Å². The Kier molecular flexibility index (Phi) is 13.8. The van der Waals surface area contributed by atoms with Crippen LogP contribution in [0.15, 0.2) is 0 Å². The zero-order chi connectivity index (χ0) is 15.2. The molecular weight excluding hydrogens is 288 g/mol. The fraction of sp³-hybridized carbons (Fsp3) is 0.875. The number of carboxylic acids is 1. The van der Waals surface area contributed by atoms with Crippen molar-refractivity contribution in [2.45, 2.75) is 88.6 Å². The summed E-state index contributed by atoms with van der Waals surface area (Å²) in [4.78, 5) is 10.8. The summed E-state index contributed by atoms with van der Waals surface area (Å²) in [7, 11) is 0. The molecule has 0 bridgehead atoms. The van der Waals surface area contributed by atoms with Crippen LogP contribution in [0, 0.1) is 0 Å². The average molecular weight is 319 g/mol. The minimum atomic E-state index is -0.746. The zero-order valence-electron chi connectivity index (χ0n) is 13.0. The molecule has 20 heavy (non-hydrogen) atoms. The van der Waals surface area contributed by atoms with Crippen molar-refractivity contribution in [2.24, 2.45) is 0 Å². The maximum absolute atomic E-state index is 10.8. The maximum atomic E-state index is 10.8. The molecule has 0 fully saturated rings. The smallest absolute Gasteiger partial charge is 0.316 e. The number of carbonyl (C=O) groups is 1. The molecule has 0 radical (unpaired) electrons. The Morgan fingerprint density at radius 3 is 2.05 bits per heavy atom. The summed E-state index contributed by atoms with van der Waals surface area (Å²) in [6.45, 7) is 3.98. The van der Waals surface area contributed by atoms with Gasteiger partial charge in [0.15, 0.2) is 0 Å². The second-order valence-corrected chi connectivity index (χ2v) is 7.27. The fourth-order valence-electron chi connectivity index (χ4n) is 2.14. The average Bonchev–Trinajstić information content (AvgIpc) is 2.43. The molecule has 2 nitrogen and oxygen atoms in total. The van der Waals surface area contributed by atoms with Crippen LogP contribution in [0.3, 0.4) is 0 Å². The predicted octanol–water partition coefficient (Wildman–Crippen LogP) is 5.48. The van der Waals surface area contributed by atoms with E-state index in [-0.39, 0.29) is 10.5 Å². The number of aliphatic carboxylic acids is 1. The van der Waals surface area contributed by atoms with Gasteiger partial charge in [-0.2, -0.15) is 0 Å². The predicted molar refractivity (Wildman–Crippen MR) is 94.0 cm³/mol. The lowest BCUT2D eigenvalue weighted by molar-refractivity contribution is -0.136. The second kappa shape index (κ2) is 13.9. The molecule has 0 aliphatic rings. The number of hydrogen-bond acceptors (Lipinski definition) is 3. The number of carboxylic acid groups (broad SMARTS) is 1. The molecule has 0 aromatic rings. The van der Waals surface area contributed by atoms with E-state index >= 15 is 0 Å². The summed E-state index contributed by atoms with van der Waals surface area (Å²) >= 11 is 6.47. The van der Waals surface area contributed by atoms with Gasteiger partial charge in [0, 0.05) is 5.25 Å². The first-order chi connectivity index (χ1) is 9.61. The molecule has 2 unspecified atom stereocenters. The van der Waals surface area contributed by atoms with Gasteiger partial charge in [-0.25, -0.2) is 0 Å². The lowest BCUT2D eigenvalue weighted by atomic mass is 10.1. The van der Waals surface area contributed by atoms with Crippen molar-refractivity contribution in [3.05, 3.63) is 0 Å². The summed E-state index contributed by atoms with van der Waals surface area (Å²) < 4.78 is 0. The van der Waals surface area contributed by atoms with E-state index in [1.54, 1.807) is 12.3 Å². The van der Waals surface area contributed by atoms with Crippen LogP contribution in [0.1, 0.15) is 78.1 Å². The van der Waals surface area contributed by atoms with Crippen molar-refractivity contribution in [1.29, 1.82) is 0 Å². The van der Waals surface area contributed by atoms with Crippen LogP contribution < -0.4 is 0 Å². The molecule has 0 saturated heterocycles. The van der Waals surface area contributed by atoms with Gasteiger partial charge in [0.05, 0.1) is 0 Å². The highest BCUT2D eigenvalue weighted by molar-refractivity contribution is 8.02. The van der Waals surface area contributed by atoms with Crippen LogP contribution in [0.5, 0.6) is 0 Å². The molecule has 0 aromatic heterocycles. The molecule has 4 heteroatoms. The van der Waals surface area contributed by atoms with Crippen LogP contribution in [-0.2, 0) is 4.79 Å². The van der Waals surface area contributed by atoms with E-state index in [0.717, 1.165) is 12.8 Å². The third kappa shape index (κ3) is 11.7. The number of rotatable bonds is 14. The van der Waals surface area contributed by atoms with Crippen LogP contribution in [-0.4, -0.2) is 26.9 Å². The molecule has 0 spiro atoms. The molecule has 0 saturated carbocycles. The highest BCUT2D eigenvalue weighted by Crippen LogP contribution is 2.22. The lowest BCUT2D eigenvalue weighted by Gasteiger charge is -2.14. The first kappa shape index (κ1) is 19.9. The van der Waals surface area contributed by atoms with E-state index in [2.05, 4.69) is 6.92 Å².